The summed E-state index contributed by atoms with van der Waals surface area (Å²) in [6.07, 6.45) is 3.75. The van der Waals surface area contributed by atoms with E-state index in [-0.39, 0.29) is 19.1 Å². The van der Waals surface area contributed by atoms with Crippen molar-refractivity contribution in [2.75, 3.05) is 18.5 Å². The molecule has 33 heavy (non-hydrogen) atoms. The number of hydrogen-bond acceptors (Lipinski definition) is 6. The number of benzene rings is 1. The molecule has 0 spiro atoms. The van der Waals surface area contributed by atoms with Crippen LogP contribution in [-0.2, 0) is 9.53 Å². The van der Waals surface area contributed by atoms with Gasteiger partial charge >= 0.3 is 5.97 Å². The molecule has 0 radical (unpaired) electrons. The van der Waals surface area contributed by atoms with E-state index in [1.165, 1.54) is 11.3 Å². The van der Waals surface area contributed by atoms with Gasteiger partial charge in [-0.2, -0.15) is 0 Å². The topological polar surface area (TPSA) is 81.9 Å². The maximum absolute atomic E-state index is 12.8. The molecule has 0 aliphatic rings. The largest absolute Gasteiger partial charge is 0.480 e. The fourth-order valence-corrected chi connectivity index (χ4v) is 4.87. The molecule has 0 saturated heterocycles. The molecule has 0 unspecified atom stereocenters. The number of pyridine rings is 1. The molecular weight excluding hydrogens is 506 g/mol. The molecular formula is C24H22BrN3O4S. The molecule has 9 heteroatoms. The van der Waals surface area contributed by atoms with E-state index in [1.54, 1.807) is 13.0 Å². The number of nitrogens with zero attached hydrogens (tertiary/aromatic N) is 2. The number of imidazole rings is 1. The molecule has 0 saturated carbocycles. The van der Waals surface area contributed by atoms with Crippen molar-refractivity contribution in [3.63, 3.8) is 0 Å². The molecule has 170 valence electrons. The minimum Gasteiger partial charge on any atom is -0.480 e. The van der Waals surface area contributed by atoms with Crippen molar-refractivity contribution < 1.29 is 19.1 Å². The summed E-state index contributed by atoms with van der Waals surface area (Å²) in [5.74, 6) is -0.354. The number of halogens is 1. The third-order valence-electron chi connectivity index (χ3n) is 4.88. The van der Waals surface area contributed by atoms with Crippen LogP contribution >= 0.6 is 27.3 Å². The van der Waals surface area contributed by atoms with Crippen molar-refractivity contribution in [2.45, 2.75) is 20.8 Å². The van der Waals surface area contributed by atoms with E-state index < -0.39 is 5.97 Å². The molecule has 3 heterocycles. The van der Waals surface area contributed by atoms with Gasteiger partial charge in [0.05, 0.1) is 12.3 Å². The van der Waals surface area contributed by atoms with Gasteiger partial charge in [0.25, 0.3) is 5.91 Å². The molecule has 1 N–H and O–H groups in total. The summed E-state index contributed by atoms with van der Waals surface area (Å²) in [6, 6.07) is 11.2. The molecule has 0 atom stereocenters. The van der Waals surface area contributed by atoms with E-state index in [0.29, 0.717) is 22.0 Å². The summed E-state index contributed by atoms with van der Waals surface area (Å²) < 4.78 is 13.8. The number of aromatic nitrogens is 2. The van der Waals surface area contributed by atoms with Gasteiger partial charge in [0, 0.05) is 27.3 Å². The van der Waals surface area contributed by atoms with Gasteiger partial charge in [0.15, 0.2) is 18.0 Å². The zero-order valence-corrected chi connectivity index (χ0v) is 20.7. The van der Waals surface area contributed by atoms with Crippen LogP contribution in [0.15, 0.2) is 53.3 Å². The Balaban J connectivity index is 1.59. The normalized spacial score (nSPS) is 10.9. The van der Waals surface area contributed by atoms with Gasteiger partial charge in [-0.1, -0.05) is 28.1 Å². The van der Waals surface area contributed by atoms with E-state index in [4.69, 9.17) is 9.47 Å². The summed E-state index contributed by atoms with van der Waals surface area (Å²) in [4.78, 5) is 30.9. The predicted octanol–water partition coefficient (Wildman–Crippen LogP) is 5.64. The molecule has 0 fully saturated rings. The number of nitrogens with one attached hydrogen (secondary N) is 1. The predicted molar refractivity (Wildman–Crippen MR) is 132 cm³/mol. The van der Waals surface area contributed by atoms with Crippen LogP contribution in [0.4, 0.5) is 5.00 Å². The number of carbonyl (C=O) groups excluding carboxylic acids is 2. The Morgan fingerprint density at radius 3 is 2.67 bits per heavy atom. The minimum atomic E-state index is -0.478. The molecule has 3 aromatic heterocycles. The Bertz CT molecular complexity index is 1330. The first-order chi connectivity index (χ1) is 15.9. The summed E-state index contributed by atoms with van der Waals surface area (Å²) in [7, 11) is 0. The maximum Gasteiger partial charge on any atom is 0.341 e. The van der Waals surface area contributed by atoms with E-state index in [0.717, 1.165) is 26.2 Å². The lowest BCUT2D eigenvalue weighted by molar-refractivity contribution is -0.118. The van der Waals surface area contributed by atoms with Gasteiger partial charge in [-0.05, 0) is 50.6 Å². The number of aryl methyl sites for hydroxylation is 2. The number of ether oxygens (including phenoxy) is 2. The highest BCUT2D eigenvalue weighted by atomic mass is 79.9. The first kappa shape index (κ1) is 23.0. The fraction of sp³-hybridized carbons (Fsp3) is 0.208. The van der Waals surface area contributed by atoms with Crippen LogP contribution in [0.3, 0.4) is 0 Å². The first-order valence-corrected chi connectivity index (χ1v) is 11.9. The lowest BCUT2D eigenvalue weighted by atomic mass is 10.0. The van der Waals surface area contributed by atoms with Crippen LogP contribution in [0.2, 0.25) is 0 Å². The number of fused-ring (bicyclic) bond motifs is 1. The number of carbonyl (C=O) groups is 2. The van der Waals surface area contributed by atoms with Gasteiger partial charge in [-0.15, -0.1) is 11.3 Å². The highest BCUT2D eigenvalue weighted by Gasteiger charge is 2.25. The smallest absolute Gasteiger partial charge is 0.341 e. The summed E-state index contributed by atoms with van der Waals surface area (Å²) >= 11 is 4.77. The number of anilines is 1. The molecule has 0 bridgehead atoms. The Morgan fingerprint density at radius 2 is 1.94 bits per heavy atom. The SMILES string of the molecule is CCOC(=O)c1c(NC(=O)COc2cccn3cc(C)nc23)sc(C)c1-c1ccc(Br)cc1. The summed E-state index contributed by atoms with van der Waals surface area (Å²) in [5, 5.41) is 3.27. The number of rotatable bonds is 7. The van der Waals surface area contributed by atoms with E-state index in [9.17, 15) is 9.59 Å². The van der Waals surface area contributed by atoms with Gasteiger partial charge in [0.1, 0.15) is 10.6 Å². The second kappa shape index (κ2) is 9.76. The van der Waals surface area contributed by atoms with Crippen LogP contribution in [0.25, 0.3) is 16.8 Å². The third-order valence-corrected chi connectivity index (χ3v) is 6.43. The highest BCUT2D eigenvalue weighted by molar-refractivity contribution is 9.10. The van der Waals surface area contributed by atoms with Gasteiger partial charge in [0.2, 0.25) is 0 Å². The second-order valence-electron chi connectivity index (χ2n) is 7.29. The van der Waals surface area contributed by atoms with Crippen molar-refractivity contribution >= 4 is 49.8 Å². The van der Waals surface area contributed by atoms with Crippen molar-refractivity contribution in [1.29, 1.82) is 0 Å². The van der Waals surface area contributed by atoms with E-state index >= 15 is 0 Å². The van der Waals surface area contributed by atoms with Gasteiger partial charge < -0.3 is 19.2 Å². The van der Waals surface area contributed by atoms with Crippen molar-refractivity contribution in [2.24, 2.45) is 0 Å². The highest BCUT2D eigenvalue weighted by Crippen LogP contribution is 2.40. The average molecular weight is 528 g/mol. The monoisotopic (exact) mass is 527 g/mol. The fourth-order valence-electron chi connectivity index (χ4n) is 3.52. The lowest BCUT2D eigenvalue weighted by Gasteiger charge is -2.10. The van der Waals surface area contributed by atoms with Gasteiger partial charge in [-0.3, -0.25) is 4.79 Å². The number of thiophene rings is 1. The molecule has 4 aromatic rings. The Hall–Kier alpha value is -3.17. The van der Waals surface area contributed by atoms with Gasteiger partial charge in [-0.25, -0.2) is 9.78 Å². The minimum absolute atomic E-state index is 0.224. The van der Waals surface area contributed by atoms with Crippen LogP contribution < -0.4 is 10.1 Å². The zero-order valence-electron chi connectivity index (χ0n) is 18.3. The van der Waals surface area contributed by atoms with E-state index in [1.807, 2.05) is 61.0 Å². The van der Waals surface area contributed by atoms with Crippen LogP contribution in [0.5, 0.6) is 5.75 Å². The molecule has 0 aliphatic carbocycles. The molecule has 0 aliphatic heterocycles. The first-order valence-electron chi connectivity index (χ1n) is 10.3. The Kier molecular flexibility index (Phi) is 6.80. The quantitative estimate of drug-likeness (QED) is 0.314. The van der Waals surface area contributed by atoms with Crippen molar-refractivity contribution in [1.82, 2.24) is 9.38 Å². The second-order valence-corrected chi connectivity index (χ2v) is 9.43. The Morgan fingerprint density at radius 1 is 1.18 bits per heavy atom. The zero-order chi connectivity index (χ0) is 23.5. The van der Waals surface area contributed by atoms with Crippen molar-refractivity contribution in [3.8, 4) is 16.9 Å². The molecule has 4 rings (SSSR count). The average Bonchev–Trinajstić information content (AvgIpc) is 3.32. The molecule has 7 nitrogen and oxygen atoms in total. The number of esters is 1. The van der Waals surface area contributed by atoms with E-state index in [2.05, 4.69) is 26.2 Å². The number of amides is 1. The lowest BCUT2D eigenvalue weighted by Crippen LogP contribution is -2.21. The molecule has 1 aromatic carbocycles. The number of hydrogen-bond donors (Lipinski definition) is 1. The van der Waals surface area contributed by atoms with Crippen molar-refractivity contribution in [3.05, 3.63) is 69.4 Å². The van der Waals surface area contributed by atoms with Crippen LogP contribution in [0, 0.1) is 13.8 Å². The summed E-state index contributed by atoms with van der Waals surface area (Å²) in [6.45, 7) is 5.57. The molecule has 1 amide bonds. The van der Waals surface area contributed by atoms with Crippen LogP contribution in [-0.4, -0.2) is 34.5 Å². The standard InChI is InChI=1S/C24H22BrN3O4S/c1-4-31-24(30)21-20(16-7-9-17(25)10-8-16)15(3)33-23(21)27-19(29)13-32-18-6-5-11-28-12-14(2)26-22(18)28/h5-12H,4,13H2,1-3H3,(H,27,29). The summed E-state index contributed by atoms with van der Waals surface area (Å²) in [5.41, 5.74) is 3.46. The maximum atomic E-state index is 12.8. The Labute approximate surface area is 203 Å². The third kappa shape index (κ3) is 4.94. The van der Waals surface area contributed by atoms with Crippen LogP contribution in [0.1, 0.15) is 27.9 Å².